The molecule has 0 aliphatic carbocycles. The number of guanidine groups is 1. The molecule has 1 saturated heterocycles. The summed E-state index contributed by atoms with van der Waals surface area (Å²) in [6.45, 7) is 11.7. The van der Waals surface area contributed by atoms with Crippen LogP contribution < -0.4 is 14.8 Å². The summed E-state index contributed by atoms with van der Waals surface area (Å²) in [5.74, 6) is 3.48. The molecule has 1 aromatic rings. The summed E-state index contributed by atoms with van der Waals surface area (Å²) in [5, 5.41) is 3.50. The lowest BCUT2D eigenvalue weighted by Gasteiger charge is -2.33. The van der Waals surface area contributed by atoms with E-state index in [1.807, 2.05) is 0 Å². The van der Waals surface area contributed by atoms with Crippen LogP contribution in [0, 0.1) is 5.92 Å². The van der Waals surface area contributed by atoms with Crippen molar-refractivity contribution in [2.24, 2.45) is 10.9 Å². The molecule has 3 rings (SSSR count). The fourth-order valence-corrected chi connectivity index (χ4v) is 4.43. The molecular formula is C23H39IN4O2. The Kier molecular flexibility index (Phi) is 10.5. The molecule has 0 bridgehead atoms. The van der Waals surface area contributed by atoms with Gasteiger partial charge in [0, 0.05) is 26.2 Å². The second-order valence-corrected chi connectivity index (χ2v) is 8.05. The second-order valence-electron chi connectivity index (χ2n) is 8.05. The van der Waals surface area contributed by atoms with Crippen LogP contribution in [0.5, 0.6) is 11.5 Å². The van der Waals surface area contributed by atoms with Crippen LogP contribution in [-0.2, 0) is 13.0 Å². The van der Waals surface area contributed by atoms with Crippen molar-refractivity contribution in [3.05, 3.63) is 23.3 Å². The predicted molar refractivity (Wildman–Crippen MR) is 135 cm³/mol. The van der Waals surface area contributed by atoms with E-state index in [4.69, 9.17) is 14.5 Å². The summed E-state index contributed by atoms with van der Waals surface area (Å²) in [5.41, 5.74) is 2.64. The maximum atomic E-state index is 5.50. The Labute approximate surface area is 199 Å². The Morgan fingerprint density at radius 2 is 1.73 bits per heavy atom. The van der Waals surface area contributed by atoms with E-state index in [1.54, 1.807) is 14.2 Å². The van der Waals surface area contributed by atoms with E-state index >= 15 is 0 Å². The summed E-state index contributed by atoms with van der Waals surface area (Å²) in [6, 6.07) is 4.24. The van der Waals surface area contributed by atoms with Crippen LogP contribution >= 0.6 is 24.0 Å². The molecule has 2 aliphatic heterocycles. The smallest absolute Gasteiger partial charge is 0.194 e. The van der Waals surface area contributed by atoms with E-state index in [2.05, 4.69) is 41.1 Å². The molecular weight excluding hydrogens is 491 g/mol. The lowest BCUT2D eigenvalue weighted by Crippen LogP contribution is -2.44. The zero-order valence-corrected chi connectivity index (χ0v) is 21.4. The third-order valence-electron chi connectivity index (χ3n) is 6.31. The van der Waals surface area contributed by atoms with Crippen molar-refractivity contribution >= 4 is 29.9 Å². The molecule has 0 saturated carbocycles. The number of methoxy groups -OCH3 is 2. The van der Waals surface area contributed by atoms with E-state index < -0.39 is 0 Å². The number of hydrogen-bond acceptors (Lipinski definition) is 4. The van der Waals surface area contributed by atoms with Crippen LogP contribution in [0.4, 0.5) is 0 Å². The van der Waals surface area contributed by atoms with E-state index in [0.29, 0.717) is 0 Å². The van der Waals surface area contributed by atoms with Gasteiger partial charge < -0.3 is 24.6 Å². The number of benzene rings is 1. The maximum absolute atomic E-state index is 5.50. The predicted octanol–water partition coefficient (Wildman–Crippen LogP) is 3.77. The number of nitrogens with one attached hydrogen (secondary N) is 1. The Bertz CT molecular complexity index is 690. The lowest BCUT2D eigenvalue weighted by molar-refractivity contribution is 0.188. The summed E-state index contributed by atoms with van der Waals surface area (Å²) in [7, 11) is 3.39. The highest BCUT2D eigenvalue weighted by Crippen LogP contribution is 2.33. The number of piperidine rings is 1. The topological polar surface area (TPSA) is 49.3 Å². The molecule has 7 heteroatoms. The van der Waals surface area contributed by atoms with Crippen LogP contribution in [0.25, 0.3) is 0 Å². The quantitative estimate of drug-likeness (QED) is 0.331. The fourth-order valence-electron chi connectivity index (χ4n) is 4.43. The largest absolute Gasteiger partial charge is 0.493 e. The van der Waals surface area contributed by atoms with Crippen LogP contribution in [0.3, 0.4) is 0 Å². The van der Waals surface area contributed by atoms with Gasteiger partial charge >= 0.3 is 0 Å². The van der Waals surface area contributed by atoms with Gasteiger partial charge in [-0.3, -0.25) is 4.99 Å². The third-order valence-corrected chi connectivity index (χ3v) is 6.31. The van der Waals surface area contributed by atoms with Gasteiger partial charge in [0.05, 0.1) is 14.2 Å². The van der Waals surface area contributed by atoms with E-state index in [-0.39, 0.29) is 24.0 Å². The van der Waals surface area contributed by atoms with Crippen molar-refractivity contribution in [2.45, 2.75) is 46.1 Å². The Hall–Kier alpha value is -1.22. The minimum atomic E-state index is 0. The normalized spacial score (nSPS) is 17.9. The standard InChI is InChI=1S/C23H38N4O2.HI/c1-5-24-23(25-11-7-18-8-12-26(6-2)13-9-18)27-14-10-19-15-21(28-3)22(29-4)16-20(19)17-27;/h15-16,18H,5-14,17H2,1-4H3,(H,24,25);1H. The molecule has 0 radical (unpaired) electrons. The molecule has 2 heterocycles. The van der Waals surface area contributed by atoms with Gasteiger partial charge in [0.25, 0.3) is 0 Å². The van der Waals surface area contributed by atoms with Gasteiger partial charge in [0.2, 0.25) is 0 Å². The highest BCUT2D eigenvalue weighted by molar-refractivity contribution is 14.0. The third kappa shape index (κ3) is 6.39. The van der Waals surface area contributed by atoms with Crippen molar-refractivity contribution in [3.8, 4) is 11.5 Å². The first kappa shape index (κ1) is 25.0. The molecule has 1 N–H and O–H groups in total. The zero-order chi connectivity index (χ0) is 20.6. The number of nitrogens with zero attached hydrogens (tertiary/aromatic N) is 3. The van der Waals surface area contributed by atoms with Crippen molar-refractivity contribution < 1.29 is 9.47 Å². The van der Waals surface area contributed by atoms with Crippen molar-refractivity contribution in [1.29, 1.82) is 0 Å². The average Bonchev–Trinajstić information content (AvgIpc) is 2.77. The molecule has 2 aliphatic rings. The molecule has 0 atom stereocenters. The fraction of sp³-hybridized carbons (Fsp3) is 0.696. The van der Waals surface area contributed by atoms with Crippen LogP contribution in [0.1, 0.15) is 44.2 Å². The van der Waals surface area contributed by atoms with Crippen LogP contribution in [0.2, 0.25) is 0 Å². The first-order valence-corrected chi connectivity index (χ1v) is 11.2. The molecule has 170 valence electrons. The number of hydrogen-bond donors (Lipinski definition) is 1. The summed E-state index contributed by atoms with van der Waals surface area (Å²) >= 11 is 0. The average molecular weight is 530 g/mol. The number of ether oxygens (including phenoxy) is 2. The van der Waals surface area contributed by atoms with Crippen molar-refractivity contribution in [3.63, 3.8) is 0 Å². The van der Waals surface area contributed by atoms with E-state index in [9.17, 15) is 0 Å². The number of rotatable bonds is 7. The maximum Gasteiger partial charge on any atom is 0.194 e. The first-order chi connectivity index (χ1) is 14.2. The van der Waals surface area contributed by atoms with Gasteiger partial charge in [0.15, 0.2) is 17.5 Å². The molecule has 30 heavy (non-hydrogen) atoms. The molecule has 6 nitrogen and oxygen atoms in total. The van der Waals surface area contributed by atoms with Gasteiger partial charge in [0.1, 0.15) is 0 Å². The Morgan fingerprint density at radius 3 is 2.33 bits per heavy atom. The van der Waals surface area contributed by atoms with E-state index in [1.165, 1.54) is 50.0 Å². The van der Waals surface area contributed by atoms with Crippen LogP contribution in [-0.4, -0.2) is 69.2 Å². The van der Waals surface area contributed by atoms with Crippen molar-refractivity contribution in [1.82, 2.24) is 15.1 Å². The first-order valence-electron chi connectivity index (χ1n) is 11.2. The van der Waals surface area contributed by atoms with Crippen LogP contribution in [0.15, 0.2) is 17.1 Å². The van der Waals surface area contributed by atoms with E-state index in [0.717, 1.165) is 56.0 Å². The molecule has 0 spiro atoms. The molecule has 0 aromatic heterocycles. The molecule has 0 amide bonds. The second kappa shape index (κ2) is 12.6. The summed E-state index contributed by atoms with van der Waals surface area (Å²) in [4.78, 5) is 9.91. The zero-order valence-electron chi connectivity index (χ0n) is 19.1. The highest BCUT2D eigenvalue weighted by atomic mass is 127. The Morgan fingerprint density at radius 1 is 1.07 bits per heavy atom. The minimum absolute atomic E-state index is 0. The van der Waals surface area contributed by atoms with Gasteiger partial charge in [-0.2, -0.15) is 0 Å². The molecule has 1 aromatic carbocycles. The number of halogens is 1. The SMILES string of the molecule is CCNC(=NCCC1CCN(CC)CC1)N1CCc2cc(OC)c(OC)cc2C1.I. The van der Waals surface area contributed by atoms with Crippen molar-refractivity contribution in [2.75, 3.05) is 53.5 Å². The summed E-state index contributed by atoms with van der Waals surface area (Å²) in [6.07, 6.45) is 4.83. The molecule has 1 fully saturated rings. The monoisotopic (exact) mass is 530 g/mol. The highest BCUT2D eigenvalue weighted by Gasteiger charge is 2.22. The van der Waals surface area contributed by atoms with Gasteiger partial charge in [-0.25, -0.2) is 0 Å². The summed E-state index contributed by atoms with van der Waals surface area (Å²) < 4.78 is 11.0. The number of aliphatic imine (C=N–C) groups is 1. The minimum Gasteiger partial charge on any atom is -0.493 e. The number of likely N-dealkylation sites (tertiary alicyclic amines) is 1. The van der Waals surface area contributed by atoms with Gasteiger partial charge in [-0.05, 0) is 81.4 Å². The van der Waals surface area contributed by atoms with Gasteiger partial charge in [-0.1, -0.05) is 6.92 Å². The lowest BCUT2D eigenvalue weighted by atomic mass is 9.94. The molecule has 0 unspecified atom stereocenters. The number of fused-ring (bicyclic) bond motifs is 1. The Balaban J connectivity index is 0.00000320. The van der Waals surface area contributed by atoms with Gasteiger partial charge in [-0.15, -0.1) is 24.0 Å².